The second kappa shape index (κ2) is 4.69. The summed E-state index contributed by atoms with van der Waals surface area (Å²) in [7, 11) is 2.19. The van der Waals surface area contributed by atoms with E-state index in [0.29, 0.717) is 18.6 Å². The third kappa shape index (κ3) is 2.21. The standard InChI is InChI=1S/C11H20N4S/c1-8-6-15(7-9(2)14(8)3)11-13-5-10(4-12)16-11/h5,8-9H,4,6-7,12H2,1-3H3. The molecule has 1 aliphatic rings. The average molecular weight is 240 g/mol. The zero-order chi connectivity index (χ0) is 11.7. The summed E-state index contributed by atoms with van der Waals surface area (Å²) < 4.78 is 0. The summed E-state index contributed by atoms with van der Waals surface area (Å²) in [5.41, 5.74) is 5.61. The van der Waals surface area contributed by atoms with E-state index in [1.54, 1.807) is 11.3 Å². The van der Waals surface area contributed by atoms with E-state index in [9.17, 15) is 0 Å². The highest BCUT2D eigenvalue weighted by Crippen LogP contribution is 2.25. The van der Waals surface area contributed by atoms with Crippen molar-refractivity contribution in [3.05, 3.63) is 11.1 Å². The molecule has 1 aromatic rings. The Morgan fingerprint density at radius 2 is 2.06 bits per heavy atom. The van der Waals surface area contributed by atoms with E-state index in [4.69, 9.17) is 5.73 Å². The van der Waals surface area contributed by atoms with Crippen LogP contribution in [0.2, 0.25) is 0 Å². The Balaban J connectivity index is 2.10. The van der Waals surface area contributed by atoms with Crippen LogP contribution in [0.15, 0.2) is 6.20 Å². The van der Waals surface area contributed by atoms with E-state index in [1.807, 2.05) is 6.20 Å². The first-order valence-corrected chi connectivity index (χ1v) is 6.55. The number of thiazole rings is 1. The van der Waals surface area contributed by atoms with Crippen molar-refractivity contribution in [1.29, 1.82) is 0 Å². The van der Waals surface area contributed by atoms with Crippen LogP contribution in [0.25, 0.3) is 0 Å². The van der Waals surface area contributed by atoms with Gasteiger partial charge in [0, 0.05) is 42.8 Å². The second-order valence-electron chi connectivity index (χ2n) is 4.58. The number of hydrogen-bond donors (Lipinski definition) is 1. The Labute approximate surface area is 101 Å². The fourth-order valence-corrected chi connectivity index (χ4v) is 2.91. The lowest BCUT2D eigenvalue weighted by atomic mass is 10.1. The zero-order valence-corrected chi connectivity index (χ0v) is 11.0. The van der Waals surface area contributed by atoms with Gasteiger partial charge in [-0.3, -0.25) is 4.90 Å². The molecule has 0 aromatic carbocycles. The SMILES string of the molecule is CC1CN(c2ncc(CN)s2)CC(C)N1C. The van der Waals surface area contributed by atoms with Gasteiger partial charge in [-0.2, -0.15) is 0 Å². The molecule has 1 aliphatic heterocycles. The molecule has 4 nitrogen and oxygen atoms in total. The maximum Gasteiger partial charge on any atom is 0.185 e. The molecule has 2 unspecified atom stereocenters. The van der Waals surface area contributed by atoms with E-state index in [0.717, 1.165) is 23.1 Å². The first-order valence-electron chi connectivity index (χ1n) is 5.73. The molecule has 2 heterocycles. The molecule has 0 radical (unpaired) electrons. The van der Waals surface area contributed by atoms with E-state index >= 15 is 0 Å². The molecule has 1 saturated heterocycles. The average Bonchev–Trinajstić information content (AvgIpc) is 2.73. The molecule has 1 fully saturated rings. The van der Waals surface area contributed by atoms with Gasteiger partial charge in [0.2, 0.25) is 0 Å². The van der Waals surface area contributed by atoms with Crippen LogP contribution in [-0.4, -0.2) is 42.1 Å². The van der Waals surface area contributed by atoms with Gasteiger partial charge in [0.15, 0.2) is 5.13 Å². The van der Waals surface area contributed by atoms with Crippen molar-refractivity contribution < 1.29 is 0 Å². The fourth-order valence-electron chi connectivity index (χ4n) is 2.10. The number of anilines is 1. The maximum absolute atomic E-state index is 5.61. The molecule has 2 N–H and O–H groups in total. The fraction of sp³-hybridized carbons (Fsp3) is 0.727. The highest BCUT2D eigenvalue weighted by Gasteiger charge is 2.27. The van der Waals surface area contributed by atoms with Crippen molar-refractivity contribution in [3.63, 3.8) is 0 Å². The zero-order valence-electron chi connectivity index (χ0n) is 10.2. The van der Waals surface area contributed by atoms with E-state index < -0.39 is 0 Å². The van der Waals surface area contributed by atoms with Gasteiger partial charge in [-0.25, -0.2) is 4.98 Å². The Bertz CT molecular complexity index is 340. The van der Waals surface area contributed by atoms with Gasteiger partial charge in [-0.1, -0.05) is 0 Å². The predicted octanol–water partition coefficient (Wildman–Crippen LogP) is 1.13. The van der Waals surface area contributed by atoms with Crippen molar-refractivity contribution in [1.82, 2.24) is 9.88 Å². The van der Waals surface area contributed by atoms with Gasteiger partial charge < -0.3 is 10.6 Å². The van der Waals surface area contributed by atoms with E-state index in [-0.39, 0.29) is 0 Å². The number of nitrogens with two attached hydrogens (primary N) is 1. The first kappa shape index (κ1) is 11.8. The Morgan fingerprint density at radius 3 is 2.56 bits per heavy atom. The molecular formula is C11H20N4S. The molecule has 2 rings (SSSR count). The number of rotatable bonds is 2. The molecule has 5 heteroatoms. The van der Waals surface area contributed by atoms with Crippen molar-refractivity contribution in [2.24, 2.45) is 5.73 Å². The van der Waals surface area contributed by atoms with Crippen LogP contribution in [0.5, 0.6) is 0 Å². The van der Waals surface area contributed by atoms with Crippen LogP contribution in [0.1, 0.15) is 18.7 Å². The topological polar surface area (TPSA) is 45.4 Å². The summed E-state index contributed by atoms with van der Waals surface area (Å²) >= 11 is 1.72. The van der Waals surface area contributed by atoms with Gasteiger partial charge in [0.1, 0.15) is 0 Å². The molecule has 90 valence electrons. The minimum Gasteiger partial charge on any atom is -0.345 e. The first-order chi connectivity index (χ1) is 7.61. The number of hydrogen-bond acceptors (Lipinski definition) is 5. The largest absolute Gasteiger partial charge is 0.345 e. The summed E-state index contributed by atoms with van der Waals surface area (Å²) in [4.78, 5) is 10.4. The number of aromatic nitrogens is 1. The molecule has 0 amide bonds. The van der Waals surface area contributed by atoms with Gasteiger partial charge in [0.05, 0.1) is 0 Å². The molecule has 1 aromatic heterocycles. The van der Waals surface area contributed by atoms with E-state index in [1.165, 1.54) is 0 Å². The van der Waals surface area contributed by atoms with Gasteiger partial charge in [0.25, 0.3) is 0 Å². The van der Waals surface area contributed by atoms with Gasteiger partial charge in [-0.05, 0) is 20.9 Å². The lowest BCUT2D eigenvalue weighted by Gasteiger charge is -2.42. The quantitative estimate of drug-likeness (QED) is 0.842. The van der Waals surface area contributed by atoms with Crippen LogP contribution in [-0.2, 0) is 6.54 Å². The van der Waals surface area contributed by atoms with Crippen LogP contribution in [0.3, 0.4) is 0 Å². The molecule has 0 aliphatic carbocycles. The van der Waals surface area contributed by atoms with Crippen molar-refractivity contribution in [2.45, 2.75) is 32.5 Å². The Morgan fingerprint density at radius 1 is 1.44 bits per heavy atom. The number of piperazine rings is 1. The summed E-state index contributed by atoms with van der Waals surface area (Å²) in [6.45, 7) is 7.23. The maximum atomic E-state index is 5.61. The van der Waals surface area contributed by atoms with Crippen molar-refractivity contribution in [3.8, 4) is 0 Å². The summed E-state index contributed by atoms with van der Waals surface area (Å²) in [6, 6.07) is 1.16. The third-order valence-corrected chi connectivity index (χ3v) is 4.45. The molecule has 2 atom stereocenters. The third-order valence-electron chi connectivity index (χ3n) is 3.37. The van der Waals surface area contributed by atoms with Crippen LogP contribution >= 0.6 is 11.3 Å². The lowest BCUT2D eigenvalue weighted by Crippen LogP contribution is -2.55. The molecular weight excluding hydrogens is 220 g/mol. The highest BCUT2D eigenvalue weighted by atomic mass is 32.1. The second-order valence-corrected chi connectivity index (χ2v) is 5.68. The summed E-state index contributed by atoms with van der Waals surface area (Å²) in [6.07, 6.45) is 1.90. The number of likely N-dealkylation sites (N-methyl/N-ethyl adjacent to an activating group) is 1. The lowest BCUT2D eigenvalue weighted by molar-refractivity contribution is 0.170. The molecule has 0 bridgehead atoms. The Hall–Kier alpha value is -0.650. The van der Waals surface area contributed by atoms with E-state index in [2.05, 4.69) is 35.7 Å². The molecule has 16 heavy (non-hydrogen) atoms. The summed E-state index contributed by atoms with van der Waals surface area (Å²) in [5.74, 6) is 0. The van der Waals surface area contributed by atoms with Crippen molar-refractivity contribution >= 4 is 16.5 Å². The smallest absolute Gasteiger partial charge is 0.185 e. The normalized spacial score (nSPS) is 27.4. The Kier molecular flexibility index (Phi) is 3.47. The monoisotopic (exact) mass is 240 g/mol. The molecule has 0 spiro atoms. The van der Waals surface area contributed by atoms with Crippen LogP contribution in [0.4, 0.5) is 5.13 Å². The number of nitrogens with zero attached hydrogens (tertiary/aromatic N) is 3. The highest BCUT2D eigenvalue weighted by molar-refractivity contribution is 7.15. The van der Waals surface area contributed by atoms with Crippen LogP contribution in [0, 0.1) is 0 Å². The van der Waals surface area contributed by atoms with Crippen LogP contribution < -0.4 is 10.6 Å². The minimum absolute atomic E-state index is 0.578. The minimum atomic E-state index is 0.578. The predicted molar refractivity (Wildman–Crippen MR) is 68.9 cm³/mol. The summed E-state index contributed by atoms with van der Waals surface area (Å²) in [5, 5.41) is 1.12. The van der Waals surface area contributed by atoms with Gasteiger partial charge in [-0.15, -0.1) is 11.3 Å². The van der Waals surface area contributed by atoms with Crippen molar-refractivity contribution in [2.75, 3.05) is 25.0 Å². The molecule has 0 saturated carbocycles. The van der Waals surface area contributed by atoms with Gasteiger partial charge >= 0.3 is 0 Å².